The Hall–Kier alpha value is -4.27. The zero-order chi connectivity index (χ0) is 28.6. The number of aromatic nitrogens is 2. The van der Waals surface area contributed by atoms with Crippen molar-refractivity contribution in [3.05, 3.63) is 39.3 Å². The summed E-state index contributed by atoms with van der Waals surface area (Å²) in [5.74, 6) is -4.17. The number of hydrogen-bond donors (Lipinski definition) is 5. The SMILES string of the molecule is COC(=O)C(O/N=C(\C(=O)N[C@@H]1C(=O)N(OS(=O)(=O)O)C1(C)C)c1csc(N)n1)c1cc(=O)c(O)cn1O. The number of methoxy groups -OCH3 is 1. The van der Waals surface area contributed by atoms with E-state index in [1.165, 1.54) is 19.2 Å². The number of oxime groups is 1. The molecule has 0 spiro atoms. The first-order chi connectivity index (χ1) is 17.6. The minimum absolute atomic E-state index is 0.000488. The molecule has 3 heterocycles. The number of rotatable bonds is 9. The van der Waals surface area contributed by atoms with Crippen molar-refractivity contribution in [3.63, 3.8) is 0 Å². The van der Waals surface area contributed by atoms with Crippen molar-refractivity contribution in [1.29, 1.82) is 0 Å². The predicted octanol–water partition coefficient (Wildman–Crippen LogP) is -1.70. The summed E-state index contributed by atoms with van der Waals surface area (Å²) >= 11 is 0.899. The van der Waals surface area contributed by atoms with Crippen LogP contribution in [0.25, 0.3) is 0 Å². The summed E-state index contributed by atoms with van der Waals surface area (Å²) < 4.78 is 39.9. The van der Waals surface area contributed by atoms with E-state index in [-0.39, 0.29) is 15.6 Å². The van der Waals surface area contributed by atoms with E-state index in [2.05, 4.69) is 24.5 Å². The van der Waals surface area contributed by atoms with Crippen LogP contribution in [0.2, 0.25) is 0 Å². The molecular weight excluding hydrogens is 556 g/mol. The molecule has 18 nitrogen and oxygen atoms in total. The number of aromatic hydroxyl groups is 1. The summed E-state index contributed by atoms with van der Waals surface area (Å²) in [5, 5.41) is 27.0. The Morgan fingerprint density at radius 1 is 1.34 bits per heavy atom. The maximum absolute atomic E-state index is 13.1. The number of carbonyl (C=O) groups is 3. The summed E-state index contributed by atoms with van der Waals surface area (Å²) in [6.45, 7) is 2.63. The van der Waals surface area contributed by atoms with Crippen LogP contribution in [0.15, 0.2) is 27.6 Å². The van der Waals surface area contributed by atoms with Crippen molar-refractivity contribution < 1.29 is 51.5 Å². The van der Waals surface area contributed by atoms with Crippen LogP contribution in [0.3, 0.4) is 0 Å². The molecule has 20 heteroatoms. The number of nitrogens with one attached hydrogen (secondary N) is 1. The van der Waals surface area contributed by atoms with E-state index in [1.807, 2.05) is 0 Å². The number of ether oxygens (including phenoxy) is 1. The molecule has 2 aromatic heterocycles. The molecule has 38 heavy (non-hydrogen) atoms. The minimum atomic E-state index is -5.04. The standard InChI is InChI=1S/C18H20N6O12S2/c1-18(2)13(15(28)24(18)36-38(31,32)33)21-14(27)11(7-6-37-17(19)20-7)22-35-12(16(29)34-3)8-4-9(25)10(26)5-23(8)30/h4-6,12-13,26,30H,1-3H3,(H2,19,20)(H,21,27)(H,31,32,33)/b22-11-/t12?,13-/m1/s1. The van der Waals surface area contributed by atoms with E-state index in [9.17, 15) is 37.9 Å². The molecular formula is C18H20N6O12S2. The molecule has 6 N–H and O–H groups in total. The first kappa shape index (κ1) is 28.3. The second-order valence-corrected chi connectivity index (χ2v) is 9.90. The molecule has 0 radical (unpaired) electrons. The third-order valence-electron chi connectivity index (χ3n) is 5.07. The highest BCUT2D eigenvalue weighted by atomic mass is 32.3. The van der Waals surface area contributed by atoms with Crippen molar-refractivity contribution in [1.82, 2.24) is 20.1 Å². The zero-order valence-corrected chi connectivity index (χ0v) is 21.2. The maximum Gasteiger partial charge on any atom is 0.418 e. The Morgan fingerprint density at radius 3 is 2.53 bits per heavy atom. The van der Waals surface area contributed by atoms with Gasteiger partial charge in [-0.2, -0.15) is 18.2 Å². The zero-order valence-electron chi connectivity index (χ0n) is 19.6. The summed E-state index contributed by atoms with van der Waals surface area (Å²) in [7, 11) is -4.08. The Bertz CT molecular complexity index is 1480. The summed E-state index contributed by atoms with van der Waals surface area (Å²) in [6.07, 6.45) is -1.35. The van der Waals surface area contributed by atoms with Gasteiger partial charge in [-0.15, -0.1) is 15.6 Å². The topological polar surface area (TPSA) is 262 Å². The van der Waals surface area contributed by atoms with Crippen molar-refractivity contribution in [2.75, 3.05) is 12.8 Å². The molecule has 1 aliphatic rings. The fraction of sp³-hybridized carbons (Fsp3) is 0.333. The molecule has 0 saturated carbocycles. The molecule has 2 aromatic rings. The Balaban J connectivity index is 1.95. The number of thiazole rings is 1. The number of carbonyl (C=O) groups excluding carboxylic acids is 3. The number of anilines is 1. The van der Waals surface area contributed by atoms with E-state index in [0.29, 0.717) is 17.3 Å². The first-order valence-corrected chi connectivity index (χ1v) is 12.3. The average molecular weight is 577 g/mol. The molecule has 0 bridgehead atoms. The number of esters is 1. The van der Waals surface area contributed by atoms with Crippen LogP contribution in [0.1, 0.15) is 31.3 Å². The molecule has 206 valence electrons. The lowest BCUT2D eigenvalue weighted by molar-refractivity contribution is -0.218. The first-order valence-electron chi connectivity index (χ1n) is 10.1. The molecule has 1 saturated heterocycles. The van der Waals surface area contributed by atoms with E-state index in [1.54, 1.807) is 0 Å². The van der Waals surface area contributed by atoms with E-state index < -0.39 is 68.5 Å². The van der Waals surface area contributed by atoms with Crippen molar-refractivity contribution in [2.45, 2.75) is 31.5 Å². The number of amides is 2. The average Bonchev–Trinajstić information content (AvgIpc) is 3.25. The fourth-order valence-corrected chi connectivity index (χ4v) is 4.18. The Labute approximate surface area is 216 Å². The van der Waals surface area contributed by atoms with Gasteiger partial charge in [0.15, 0.2) is 16.6 Å². The molecule has 0 aliphatic carbocycles. The highest BCUT2D eigenvalue weighted by Gasteiger charge is 2.58. The van der Waals surface area contributed by atoms with Gasteiger partial charge in [0, 0.05) is 11.4 Å². The third kappa shape index (κ3) is 5.66. The highest BCUT2D eigenvalue weighted by Crippen LogP contribution is 2.33. The van der Waals surface area contributed by atoms with Gasteiger partial charge in [-0.05, 0) is 13.8 Å². The fourth-order valence-electron chi connectivity index (χ4n) is 3.17. The van der Waals surface area contributed by atoms with E-state index in [0.717, 1.165) is 18.4 Å². The van der Waals surface area contributed by atoms with Crippen LogP contribution in [0.5, 0.6) is 5.75 Å². The summed E-state index contributed by atoms with van der Waals surface area (Å²) in [4.78, 5) is 58.7. The maximum atomic E-state index is 13.1. The number of pyridine rings is 1. The van der Waals surface area contributed by atoms with Crippen molar-refractivity contribution in [2.24, 2.45) is 5.16 Å². The molecule has 0 aromatic carbocycles. The van der Waals surface area contributed by atoms with Crippen molar-refractivity contribution >= 4 is 50.4 Å². The molecule has 2 amide bonds. The second-order valence-electron chi connectivity index (χ2n) is 8.01. The van der Waals surface area contributed by atoms with Gasteiger partial charge in [-0.25, -0.2) is 9.78 Å². The quantitative estimate of drug-likeness (QED) is 0.0557. The summed E-state index contributed by atoms with van der Waals surface area (Å²) in [5.41, 5.74) is 1.83. The van der Waals surface area contributed by atoms with Gasteiger partial charge in [-0.1, -0.05) is 5.16 Å². The van der Waals surface area contributed by atoms with Gasteiger partial charge in [0.05, 0.1) is 18.8 Å². The molecule has 3 rings (SSSR count). The number of β-lactam (4-membered cyclic amide) rings is 1. The Kier molecular flexibility index (Phi) is 7.63. The van der Waals surface area contributed by atoms with Crippen LogP contribution in [-0.4, -0.2) is 80.2 Å². The van der Waals surface area contributed by atoms with Crippen LogP contribution in [0.4, 0.5) is 5.13 Å². The van der Waals surface area contributed by atoms with E-state index in [4.69, 9.17) is 15.1 Å². The molecule has 2 atom stereocenters. The molecule has 1 unspecified atom stereocenters. The molecule has 1 aliphatic heterocycles. The lowest BCUT2D eigenvalue weighted by Gasteiger charge is -2.50. The van der Waals surface area contributed by atoms with Gasteiger partial charge in [0.2, 0.25) is 5.43 Å². The van der Waals surface area contributed by atoms with Crippen LogP contribution < -0.4 is 16.5 Å². The van der Waals surface area contributed by atoms with Crippen LogP contribution in [0, 0.1) is 0 Å². The number of nitrogens with zero attached hydrogens (tertiary/aromatic N) is 4. The lowest BCUT2D eigenvalue weighted by atomic mass is 9.84. The highest BCUT2D eigenvalue weighted by molar-refractivity contribution is 7.80. The second kappa shape index (κ2) is 10.2. The van der Waals surface area contributed by atoms with Crippen LogP contribution in [-0.2, 0) is 38.6 Å². The van der Waals surface area contributed by atoms with E-state index >= 15 is 0 Å². The van der Waals surface area contributed by atoms with Gasteiger partial charge in [-0.3, -0.25) is 18.9 Å². The number of hydrogen-bond acceptors (Lipinski definition) is 15. The van der Waals surface area contributed by atoms with Crippen LogP contribution >= 0.6 is 11.3 Å². The number of nitrogen functional groups attached to an aromatic ring is 1. The smallest absolute Gasteiger partial charge is 0.418 e. The minimum Gasteiger partial charge on any atom is -0.503 e. The summed E-state index contributed by atoms with van der Waals surface area (Å²) in [6, 6.07) is -0.721. The van der Waals surface area contributed by atoms with Gasteiger partial charge in [0.1, 0.15) is 17.4 Å². The largest absolute Gasteiger partial charge is 0.503 e. The van der Waals surface area contributed by atoms with Crippen molar-refractivity contribution in [3.8, 4) is 5.75 Å². The van der Waals surface area contributed by atoms with Gasteiger partial charge < -0.3 is 30.9 Å². The van der Waals surface area contributed by atoms with Gasteiger partial charge >= 0.3 is 16.4 Å². The lowest BCUT2D eigenvalue weighted by Crippen LogP contribution is -2.76. The number of hydroxylamine groups is 2. The normalized spacial score (nSPS) is 17.9. The van der Waals surface area contributed by atoms with Gasteiger partial charge in [0.25, 0.3) is 17.9 Å². The predicted molar refractivity (Wildman–Crippen MR) is 124 cm³/mol. The third-order valence-corrected chi connectivity index (χ3v) is 6.09. The number of nitrogens with two attached hydrogens (primary N) is 1. The monoisotopic (exact) mass is 576 g/mol. The Morgan fingerprint density at radius 2 is 2.00 bits per heavy atom. The molecule has 1 fully saturated rings.